The molecule has 0 fully saturated rings. The van der Waals surface area contributed by atoms with E-state index in [1.165, 1.54) is 0 Å². The van der Waals surface area contributed by atoms with E-state index in [1.54, 1.807) is 13.0 Å². The fraction of sp³-hybridized carbons (Fsp3) is 0.235. The molecule has 0 aliphatic heterocycles. The normalized spacial score (nSPS) is 11.8. The molecular formula is C17H20N2O2. The number of nitrogens with two attached hydrogens (primary N) is 1. The number of hydrogen-bond donors (Lipinski definition) is 2. The van der Waals surface area contributed by atoms with E-state index >= 15 is 0 Å². The van der Waals surface area contributed by atoms with Crippen molar-refractivity contribution < 1.29 is 9.53 Å². The fourth-order valence-corrected chi connectivity index (χ4v) is 1.97. The third kappa shape index (κ3) is 3.75. The van der Waals surface area contributed by atoms with Gasteiger partial charge in [0.25, 0.3) is 5.91 Å². The zero-order valence-electron chi connectivity index (χ0n) is 12.5. The van der Waals surface area contributed by atoms with Crippen LogP contribution in [-0.4, -0.2) is 12.0 Å². The molecule has 4 nitrogen and oxygen atoms in total. The van der Waals surface area contributed by atoms with E-state index in [0.29, 0.717) is 17.1 Å². The number of anilines is 2. The number of carbonyl (C=O) groups excluding carboxylic acids is 1. The summed E-state index contributed by atoms with van der Waals surface area (Å²) in [4.78, 5) is 12.2. The molecule has 1 amide bonds. The molecule has 0 unspecified atom stereocenters. The quantitative estimate of drug-likeness (QED) is 0.847. The summed E-state index contributed by atoms with van der Waals surface area (Å²) in [6.45, 7) is 5.57. The Morgan fingerprint density at radius 3 is 2.62 bits per heavy atom. The fourth-order valence-electron chi connectivity index (χ4n) is 1.97. The molecule has 3 N–H and O–H groups in total. The number of nitrogen functional groups attached to an aromatic ring is 1. The highest BCUT2D eigenvalue weighted by Crippen LogP contribution is 2.21. The van der Waals surface area contributed by atoms with Gasteiger partial charge < -0.3 is 15.8 Å². The van der Waals surface area contributed by atoms with Crippen LogP contribution in [0.2, 0.25) is 0 Å². The minimum absolute atomic E-state index is 0.204. The molecule has 21 heavy (non-hydrogen) atoms. The number of carbonyl (C=O) groups is 1. The summed E-state index contributed by atoms with van der Waals surface area (Å²) in [5.74, 6) is 0.479. The first-order valence-electron chi connectivity index (χ1n) is 6.86. The third-order valence-electron chi connectivity index (χ3n) is 3.31. The lowest BCUT2D eigenvalue weighted by atomic mass is 10.1. The number of rotatable bonds is 4. The molecule has 0 bridgehead atoms. The van der Waals surface area contributed by atoms with Gasteiger partial charge in [0.1, 0.15) is 5.75 Å². The summed E-state index contributed by atoms with van der Waals surface area (Å²) in [6, 6.07) is 13.0. The highest BCUT2D eigenvalue weighted by atomic mass is 16.5. The maximum absolute atomic E-state index is 12.2. The molecule has 1 atom stereocenters. The predicted octanol–water partition coefficient (Wildman–Crippen LogP) is 3.29. The lowest BCUT2D eigenvalue weighted by Gasteiger charge is -2.16. The Balaban J connectivity index is 2.04. The monoisotopic (exact) mass is 284 g/mol. The number of nitrogens with one attached hydrogen (secondary N) is 1. The number of aryl methyl sites for hydroxylation is 1. The predicted molar refractivity (Wildman–Crippen MR) is 85.5 cm³/mol. The maximum Gasteiger partial charge on any atom is 0.265 e. The van der Waals surface area contributed by atoms with Gasteiger partial charge in [0.15, 0.2) is 6.10 Å². The Kier molecular flexibility index (Phi) is 4.48. The van der Waals surface area contributed by atoms with E-state index in [4.69, 9.17) is 10.5 Å². The molecule has 110 valence electrons. The largest absolute Gasteiger partial charge is 0.481 e. The Hall–Kier alpha value is -2.49. The van der Waals surface area contributed by atoms with Crippen molar-refractivity contribution in [1.29, 1.82) is 0 Å². The zero-order valence-corrected chi connectivity index (χ0v) is 12.5. The first kappa shape index (κ1) is 14.9. The number of ether oxygens (including phenoxy) is 1. The van der Waals surface area contributed by atoms with Crippen LogP contribution in [0.5, 0.6) is 5.75 Å². The second-order valence-corrected chi connectivity index (χ2v) is 5.09. The molecular weight excluding hydrogens is 264 g/mol. The second kappa shape index (κ2) is 6.31. The van der Waals surface area contributed by atoms with Crippen LogP contribution in [-0.2, 0) is 4.79 Å². The average Bonchev–Trinajstić information content (AvgIpc) is 2.44. The highest BCUT2D eigenvalue weighted by Gasteiger charge is 2.16. The second-order valence-electron chi connectivity index (χ2n) is 5.09. The smallest absolute Gasteiger partial charge is 0.265 e. The van der Waals surface area contributed by atoms with Crippen molar-refractivity contribution in [3.8, 4) is 5.75 Å². The van der Waals surface area contributed by atoms with Crippen molar-refractivity contribution >= 4 is 17.3 Å². The Morgan fingerprint density at radius 2 is 1.90 bits per heavy atom. The summed E-state index contributed by atoms with van der Waals surface area (Å²) >= 11 is 0. The van der Waals surface area contributed by atoms with Crippen LogP contribution in [0.4, 0.5) is 11.4 Å². The number of hydrogen-bond acceptors (Lipinski definition) is 3. The molecule has 0 aromatic heterocycles. The first-order chi connectivity index (χ1) is 9.97. The van der Waals surface area contributed by atoms with Gasteiger partial charge in [-0.15, -0.1) is 0 Å². The molecule has 2 aromatic rings. The van der Waals surface area contributed by atoms with Crippen LogP contribution in [0.25, 0.3) is 0 Å². The molecule has 2 rings (SSSR count). The number of benzene rings is 2. The van der Waals surface area contributed by atoms with Gasteiger partial charge >= 0.3 is 0 Å². The van der Waals surface area contributed by atoms with Crippen LogP contribution >= 0.6 is 0 Å². The molecule has 0 saturated heterocycles. The molecule has 0 aliphatic carbocycles. The molecule has 4 heteroatoms. The van der Waals surface area contributed by atoms with Gasteiger partial charge in [0.05, 0.1) is 0 Å². The molecule has 0 heterocycles. The van der Waals surface area contributed by atoms with E-state index in [1.807, 2.05) is 50.2 Å². The van der Waals surface area contributed by atoms with Gasteiger partial charge in [0, 0.05) is 11.4 Å². The van der Waals surface area contributed by atoms with Crippen LogP contribution in [0, 0.1) is 13.8 Å². The summed E-state index contributed by atoms with van der Waals surface area (Å²) < 4.78 is 5.66. The summed E-state index contributed by atoms with van der Waals surface area (Å²) in [7, 11) is 0. The van der Waals surface area contributed by atoms with Crippen molar-refractivity contribution in [2.75, 3.05) is 11.1 Å². The summed E-state index contributed by atoms with van der Waals surface area (Å²) in [6.07, 6.45) is -0.590. The van der Waals surface area contributed by atoms with Crippen LogP contribution in [0.1, 0.15) is 18.1 Å². The van der Waals surface area contributed by atoms with E-state index < -0.39 is 6.10 Å². The van der Waals surface area contributed by atoms with E-state index in [2.05, 4.69) is 5.32 Å². The summed E-state index contributed by atoms with van der Waals surface area (Å²) in [5.41, 5.74) is 9.14. The Labute approximate surface area is 124 Å². The van der Waals surface area contributed by atoms with E-state index in [-0.39, 0.29) is 5.91 Å². The molecule has 2 aromatic carbocycles. The van der Waals surface area contributed by atoms with Gasteiger partial charge in [-0.1, -0.05) is 18.2 Å². The molecule has 0 radical (unpaired) electrons. The lowest BCUT2D eigenvalue weighted by molar-refractivity contribution is -0.122. The third-order valence-corrected chi connectivity index (χ3v) is 3.31. The molecule has 0 saturated carbocycles. The topological polar surface area (TPSA) is 64.3 Å². The highest BCUT2D eigenvalue weighted by molar-refractivity contribution is 5.95. The summed E-state index contributed by atoms with van der Waals surface area (Å²) in [5, 5.41) is 2.84. The SMILES string of the molecule is Cc1cccc(O[C@H](C)C(=O)Nc2cccc(N)c2C)c1. The van der Waals surface area contributed by atoms with Crippen LogP contribution in [0.15, 0.2) is 42.5 Å². The number of amides is 1. The minimum Gasteiger partial charge on any atom is -0.481 e. The van der Waals surface area contributed by atoms with Crippen molar-refractivity contribution in [1.82, 2.24) is 0 Å². The van der Waals surface area contributed by atoms with Crippen molar-refractivity contribution in [2.24, 2.45) is 0 Å². The maximum atomic E-state index is 12.2. The first-order valence-corrected chi connectivity index (χ1v) is 6.86. The standard InChI is InChI=1S/C17H20N2O2/c1-11-6-4-7-14(10-11)21-13(3)17(20)19-16-9-5-8-15(18)12(16)2/h4-10,13H,18H2,1-3H3,(H,19,20)/t13-/m1/s1. The van der Waals surface area contributed by atoms with Gasteiger partial charge in [-0.05, 0) is 56.2 Å². The average molecular weight is 284 g/mol. The van der Waals surface area contributed by atoms with E-state index in [9.17, 15) is 4.79 Å². The zero-order chi connectivity index (χ0) is 15.4. The van der Waals surface area contributed by atoms with Gasteiger partial charge in [0.2, 0.25) is 0 Å². The van der Waals surface area contributed by atoms with Gasteiger partial charge in [-0.25, -0.2) is 0 Å². The Bertz CT molecular complexity index is 653. The molecule has 0 aliphatic rings. The Morgan fingerprint density at radius 1 is 1.19 bits per heavy atom. The van der Waals surface area contributed by atoms with Gasteiger partial charge in [-0.2, -0.15) is 0 Å². The van der Waals surface area contributed by atoms with Crippen molar-refractivity contribution in [3.63, 3.8) is 0 Å². The van der Waals surface area contributed by atoms with Crippen molar-refractivity contribution in [3.05, 3.63) is 53.6 Å². The van der Waals surface area contributed by atoms with Gasteiger partial charge in [-0.3, -0.25) is 4.79 Å². The molecule has 0 spiro atoms. The minimum atomic E-state index is -0.590. The van der Waals surface area contributed by atoms with Crippen LogP contribution < -0.4 is 15.8 Å². The lowest BCUT2D eigenvalue weighted by Crippen LogP contribution is -2.30. The van der Waals surface area contributed by atoms with Crippen molar-refractivity contribution in [2.45, 2.75) is 26.9 Å². The van der Waals surface area contributed by atoms with Crippen LogP contribution in [0.3, 0.4) is 0 Å². The van der Waals surface area contributed by atoms with E-state index in [0.717, 1.165) is 11.1 Å².